The SMILES string of the molecule is O=C(O)CCCCCCCC(=O)OCCCCCCCCCO. The van der Waals surface area contributed by atoms with Crippen molar-refractivity contribution in [3.63, 3.8) is 0 Å². The number of carboxylic acids is 1. The second-order valence-corrected chi connectivity index (χ2v) is 6.08. The Bertz CT molecular complexity index is 291. The van der Waals surface area contributed by atoms with Gasteiger partial charge in [0.05, 0.1) is 6.61 Å². The van der Waals surface area contributed by atoms with Gasteiger partial charge in [-0.1, -0.05) is 51.4 Å². The maximum atomic E-state index is 11.5. The van der Waals surface area contributed by atoms with E-state index in [2.05, 4.69) is 0 Å². The Morgan fingerprint density at radius 1 is 0.652 bits per heavy atom. The van der Waals surface area contributed by atoms with Gasteiger partial charge in [0.1, 0.15) is 0 Å². The Labute approximate surface area is 140 Å². The number of unbranched alkanes of at least 4 members (excludes halogenated alkanes) is 10. The van der Waals surface area contributed by atoms with E-state index in [9.17, 15) is 9.59 Å². The van der Waals surface area contributed by atoms with Crippen LogP contribution >= 0.6 is 0 Å². The first-order valence-electron chi connectivity index (χ1n) is 9.15. The quantitative estimate of drug-likeness (QED) is 0.310. The van der Waals surface area contributed by atoms with Crippen LogP contribution in [-0.4, -0.2) is 35.4 Å². The molecule has 0 aliphatic heterocycles. The van der Waals surface area contributed by atoms with E-state index < -0.39 is 5.97 Å². The molecule has 0 atom stereocenters. The molecule has 0 rings (SSSR count). The van der Waals surface area contributed by atoms with Gasteiger partial charge in [0.25, 0.3) is 0 Å². The van der Waals surface area contributed by atoms with Crippen molar-refractivity contribution in [3.8, 4) is 0 Å². The number of carbonyl (C=O) groups excluding carboxylic acids is 1. The van der Waals surface area contributed by atoms with E-state index in [-0.39, 0.29) is 19.0 Å². The van der Waals surface area contributed by atoms with Gasteiger partial charge < -0.3 is 14.9 Å². The third kappa shape index (κ3) is 18.9. The van der Waals surface area contributed by atoms with Gasteiger partial charge in [-0.25, -0.2) is 0 Å². The van der Waals surface area contributed by atoms with E-state index in [4.69, 9.17) is 14.9 Å². The fraction of sp³-hybridized carbons (Fsp3) is 0.889. The number of esters is 1. The van der Waals surface area contributed by atoms with Crippen LogP contribution in [0, 0.1) is 0 Å². The largest absolute Gasteiger partial charge is 0.481 e. The van der Waals surface area contributed by atoms with Crippen LogP contribution < -0.4 is 0 Å². The molecule has 0 aromatic heterocycles. The summed E-state index contributed by atoms with van der Waals surface area (Å²) in [6.07, 6.45) is 12.7. The maximum absolute atomic E-state index is 11.5. The fourth-order valence-corrected chi connectivity index (χ4v) is 2.43. The Morgan fingerprint density at radius 3 is 1.70 bits per heavy atom. The summed E-state index contributed by atoms with van der Waals surface area (Å²) < 4.78 is 5.20. The van der Waals surface area contributed by atoms with E-state index in [0.717, 1.165) is 57.8 Å². The molecule has 0 aliphatic rings. The Morgan fingerprint density at radius 2 is 1.13 bits per heavy atom. The van der Waals surface area contributed by atoms with Gasteiger partial charge >= 0.3 is 11.9 Å². The molecule has 5 heteroatoms. The smallest absolute Gasteiger partial charge is 0.305 e. The summed E-state index contributed by atoms with van der Waals surface area (Å²) in [6.45, 7) is 0.812. The first-order chi connectivity index (χ1) is 11.2. The zero-order chi connectivity index (χ0) is 17.2. The van der Waals surface area contributed by atoms with Crippen molar-refractivity contribution in [3.05, 3.63) is 0 Å². The Hall–Kier alpha value is -1.10. The molecule has 0 aromatic carbocycles. The van der Waals surface area contributed by atoms with Crippen molar-refractivity contribution in [2.45, 2.75) is 89.9 Å². The lowest BCUT2D eigenvalue weighted by molar-refractivity contribution is -0.144. The van der Waals surface area contributed by atoms with Crippen LogP contribution in [0.1, 0.15) is 89.9 Å². The number of rotatable bonds is 17. The van der Waals surface area contributed by atoms with Crippen molar-refractivity contribution in [1.29, 1.82) is 0 Å². The van der Waals surface area contributed by atoms with Crippen LogP contribution in [0.15, 0.2) is 0 Å². The van der Waals surface area contributed by atoms with E-state index in [1.807, 2.05) is 0 Å². The van der Waals surface area contributed by atoms with Gasteiger partial charge in [0, 0.05) is 19.4 Å². The minimum Gasteiger partial charge on any atom is -0.481 e. The maximum Gasteiger partial charge on any atom is 0.305 e. The molecule has 0 amide bonds. The molecule has 0 saturated carbocycles. The third-order valence-corrected chi connectivity index (χ3v) is 3.84. The number of carbonyl (C=O) groups is 2. The zero-order valence-corrected chi connectivity index (χ0v) is 14.4. The predicted molar refractivity (Wildman–Crippen MR) is 90.3 cm³/mol. The standard InChI is InChI=1S/C18H34O5/c19-15-11-7-2-1-3-8-12-16-23-18(22)14-10-6-4-5-9-13-17(20)21/h19H,1-16H2,(H,20,21). The first-order valence-corrected chi connectivity index (χ1v) is 9.15. The summed E-state index contributed by atoms with van der Waals surface area (Å²) in [5, 5.41) is 17.2. The molecule has 0 aliphatic carbocycles. The first kappa shape index (κ1) is 21.9. The molecule has 136 valence electrons. The summed E-state index contributed by atoms with van der Waals surface area (Å²) in [6, 6.07) is 0. The Balaban J connectivity index is 3.17. The lowest BCUT2D eigenvalue weighted by atomic mass is 10.1. The van der Waals surface area contributed by atoms with Crippen molar-refractivity contribution < 1.29 is 24.5 Å². The molecule has 0 spiro atoms. The molecule has 0 fully saturated rings. The third-order valence-electron chi connectivity index (χ3n) is 3.84. The molecule has 2 N–H and O–H groups in total. The highest BCUT2D eigenvalue weighted by atomic mass is 16.5. The van der Waals surface area contributed by atoms with Crippen LogP contribution in [0.5, 0.6) is 0 Å². The molecule has 0 heterocycles. The highest BCUT2D eigenvalue weighted by Gasteiger charge is 2.03. The molecule has 0 radical (unpaired) electrons. The van der Waals surface area contributed by atoms with Gasteiger partial charge in [-0.2, -0.15) is 0 Å². The summed E-state index contributed by atoms with van der Waals surface area (Å²) in [7, 11) is 0. The van der Waals surface area contributed by atoms with Crippen molar-refractivity contribution in [2.24, 2.45) is 0 Å². The topological polar surface area (TPSA) is 83.8 Å². The minimum atomic E-state index is -0.737. The highest BCUT2D eigenvalue weighted by molar-refractivity contribution is 5.69. The summed E-state index contributed by atoms with van der Waals surface area (Å²) >= 11 is 0. The Kier molecular flexibility index (Phi) is 16.4. The number of aliphatic hydroxyl groups is 1. The zero-order valence-electron chi connectivity index (χ0n) is 14.4. The summed E-state index contributed by atoms with van der Waals surface area (Å²) in [5.41, 5.74) is 0. The monoisotopic (exact) mass is 330 g/mol. The normalized spacial score (nSPS) is 10.7. The predicted octanol–water partition coefficient (Wildman–Crippen LogP) is 4.07. The van der Waals surface area contributed by atoms with Gasteiger partial charge in [-0.15, -0.1) is 0 Å². The average Bonchev–Trinajstić information content (AvgIpc) is 2.52. The van der Waals surface area contributed by atoms with Crippen LogP contribution in [0.2, 0.25) is 0 Å². The molecule has 0 unspecified atom stereocenters. The van der Waals surface area contributed by atoms with Crippen LogP contribution in [0.3, 0.4) is 0 Å². The lowest BCUT2D eigenvalue weighted by Gasteiger charge is -2.05. The van der Waals surface area contributed by atoms with E-state index in [1.165, 1.54) is 19.3 Å². The second kappa shape index (κ2) is 17.3. The number of aliphatic hydroxyl groups excluding tert-OH is 1. The van der Waals surface area contributed by atoms with E-state index in [1.54, 1.807) is 0 Å². The van der Waals surface area contributed by atoms with Crippen LogP contribution in [0.25, 0.3) is 0 Å². The lowest BCUT2D eigenvalue weighted by Crippen LogP contribution is -2.05. The van der Waals surface area contributed by atoms with Gasteiger partial charge in [0.2, 0.25) is 0 Å². The average molecular weight is 330 g/mol. The number of hydrogen-bond donors (Lipinski definition) is 2. The second-order valence-electron chi connectivity index (χ2n) is 6.08. The molecular formula is C18H34O5. The van der Waals surface area contributed by atoms with Gasteiger partial charge in [-0.3, -0.25) is 9.59 Å². The fourth-order valence-electron chi connectivity index (χ4n) is 2.43. The molecule has 0 aromatic rings. The van der Waals surface area contributed by atoms with Crippen LogP contribution in [-0.2, 0) is 14.3 Å². The highest BCUT2D eigenvalue weighted by Crippen LogP contribution is 2.09. The molecule has 0 saturated heterocycles. The van der Waals surface area contributed by atoms with Crippen molar-refractivity contribution in [1.82, 2.24) is 0 Å². The van der Waals surface area contributed by atoms with Crippen molar-refractivity contribution in [2.75, 3.05) is 13.2 Å². The minimum absolute atomic E-state index is 0.113. The molecular weight excluding hydrogens is 296 g/mol. The van der Waals surface area contributed by atoms with E-state index >= 15 is 0 Å². The number of carboxylic acid groups (broad SMARTS) is 1. The van der Waals surface area contributed by atoms with Gasteiger partial charge in [-0.05, 0) is 25.7 Å². The van der Waals surface area contributed by atoms with E-state index in [0.29, 0.717) is 13.0 Å². The molecule has 0 bridgehead atoms. The summed E-state index contributed by atoms with van der Waals surface area (Å²) in [5.74, 6) is -0.850. The van der Waals surface area contributed by atoms with Crippen molar-refractivity contribution >= 4 is 11.9 Å². The van der Waals surface area contributed by atoms with Crippen LogP contribution in [0.4, 0.5) is 0 Å². The number of aliphatic carboxylic acids is 1. The number of ether oxygens (including phenoxy) is 1. The molecule has 23 heavy (non-hydrogen) atoms. The number of hydrogen-bond acceptors (Lipinski definition) is 4. The molecule has 5 nitrogen and oxygen atoms in total. The van der Waals surface area contributed by atoms with Gasteiger partial charge in [0.15, 0.2) is 0 Å². The summed E-state index contributed by atoms with van der Waals surface area (Å²) in [4.78, 5) is 21.8.